The van der Waals surface area contributed by atoms with Gasteiger partial charge in [0.05, 0.1) is 13.0 Å². The second-order valence-electron chi connectivity index (χ2n) is 6.79. The Kier molecular flexibility index (Phi) is 4.67. The van der Waals surface area contributed by atoms with Crippen LogP contribution in [0.3, 0.4) is 0 Å². The van der Waals surface area contributed by atoms with Gasteiger partial charge in [0.2, 0.25) is 5.91 Å². The third-order valence-electron chi connectivity index (χ3n) is 4.46. The Hall–Kier alpha value is -1.55. The van der Waals surface area contributed by atoms with E-state index in [1.54, 1.807) is 0 Å². The SMILES string of the molecule is CC(C)CN1CCN(C(=O)Cc2ccc3c(c2)CCO3)CC1. The highest BCUT2D eigenvalue weighted by Crippen LogP contribution is 2.26. The Labute approximate surface area is 133 Å². The lowest BCUT2D eigenvalue weighted by atomic mass is 10.1. The van der Waals surface area contributed by atoms with Gasteiger partial charge in [-0.1, -0.05) is 26.0 Å². The molecule has 0 atom stereocenters. The summed E-state index contributed by atoms with van der Waals surface area (Å²) in [6.07, 6.45) is 1.47. The summed E-state index contributed by atoms with van der Waals surface area (Å²) < 4.78 is 5.52. The zero-order valence-corrected chi connectivity index (χ0v) is 13.7. The lowest BCUT2D eigenvalue weighted by Crippen LogP contribution is -2.49. The summed E-state index contributed by atoms with van der Waals surface area (Å²) in [5, 5.41) is 0. The molecule has 1 aromatic carbocycles. The maximum atomic E-state index is 12.5. The monoisotopic (exact) mass is 302 g/mol. The fraction of sp³-hybridized carbons (Fsp3) is 0.611. The van der Waals surface area contributed by atoms with E-state index >= 15 is 0 Å². The van der Waals surface area contributed by atoms with E-state index in [4.69, 9.17) is 4.74 Å². The van der Waals surface area contributed by atoms with Crippen LogP contribution in [0.25, 0.3) is 0 Å². The van der Waals surface area contributed by atoms with Crippen molar-refractivity contribution in [3.05, 3.63) is 29.3 Å². The highest BCUT2D eigenvalue weighted by atomic mass is 16.5. The van der Waals surface area contributed by atoms with Gasteiger partial charge in [0, 0.05) is 39.1 Å². The normalized spacial score (nSPS) is 18.4. The van der Waals surface area contributed by atoms with E-state index in [9.17, 15) is 4.79 Å². The number of carbonyl (C=O) groups is 1. The Morgan fingerprint density at radius 1 is 1.23 bits per heavy atom. The van der Waals surface area contributed by atoms with Crippen LogP contribution in [0.2, 0.25) is 0 Å². The molecule has 0 spiro atoms. The van der Waals surface area contributed by atoms with E-state index in [2.05, 4.69) is 24.8 Å². The van der Waals surface area contributed by atoms with Gasteiger partial charge in [-0.15, -0.1) is 0 Å². The Morgan fingerprint density at radius 3 is 2.73 bits per heavy atom. The van der Waals surface area contributed by atoms with Gasteiger partial charge in [-0.05, 0) is 23.1 Å². The molecule has 0 aliphatic carbocycles. The first-order valence-corrected chi connectivity index (χ1v) is 8.36. The molecule has 2 aliphatic heterocycles. The van der Waals surface area contributed by atoms with Gasteiger partial charge in [0.1, 0.15) is 5.75 Å². The standard InChI is InChI=1S/C18H26N2O2/c1-14(2)13-19-6-8-20(9-7-19)18(21)12-15-3-4-17-16(11-15)5-10-22-17/h3-4,11,14H,5-10,12-13H2,1-2H3. The number of amides is 1. The zero-order valence-electron chi connectivity index (χ0n) is 13.7. The van der Waals surface area contributed by atoms with Crippen LogP contribution >= 0.6 is 0 Å². The molecule has 0 aromatic heterocycles. The highest BCUT2D eigenvalue weighted by molar-refractivity contribution is 5.79. The lowest BCUT2D eigenvalue weighted by Gasteiger charge is -2.35. The number of fused-ring (bicyclic) bond motifs is 1. The minimum atomic E-state index is 0.253. The van der Waals surface area contributed by atoms with E-state index in [-0.39, 0.29) is 5.91 Å². The van der Waals surface area contributed by atoms with E-state index in [0.29, 0.717) is 12.3 Å². The Morgan fingerprint density at radius 2 is 2.00 bits per heavy atom. The van der Waals surface area contributed by atoms with Crippen molar-refractivity contribution in [2.45, 2.75) is 26.7 Å². The van der Waals surface area contributed by atoms with Crippen LogP contribution in [0.4, 0.5) is 0 Å². The first-order valence-electron chi connectivity index (χ1n) is 8.36. The minimum Gasteiger partial charge on any atom is -0.493 e. The van der Waals surface area contributed by atoms with Gasteiger partial charge < -0.3 is 9.64 Å². The molecule has 1 amide bonds. The molecule has 1 fully saturated rings. The van der Waals surface area contributed by atoms with E-state index < -0.39 is 0 Å². The van der Waals surface area contributed by atoms with Crippen LogP contribution in [0.15, 0.2) is 18.2 Å². The summed E-state index contributed by atoms with van der Waals surface area (Å²) in [5.41, 5.74) is 2.35. The molecule has 1 aromatic rings. The maximum Gasteiger partial charge on any atom is 0.227 e. The van der Waals surface area contributed by atoms with Crippen LogP contribution in [0, 0.1) is 5.92 Å². The Balaban J connectivity index is 1.52. The number of piperazine rings is 1. The summed E-state index contributed by atoms with van der Waals surface area (Å²) in [6.45, 7) is 10.1. The molecule has 22 heavy (non-hydrogen) atoms. The van der Waals surface area contributed by atoms with Crippen molar-refractivity contribution in [1.29, 1.82) is 0 Å². The van der Waals surface area contributed by atoms with E-state index in [0.717, 1.165) is 57.1 Å². The van der Waals surface area contributed by atoms with Gasteiger partial charge in [-0.3, -0.25) is 9.69 Å². The summed E-state index contributed by atoms with van der Waals surface area (Å²) in [7, 11) is 0. The van der Waals surface area contributed by atoms with Crippen molar-refractivity contribution in [3.8, 4) is 5.75 Å². The number of hydrogen-bond acceptors (Lipinski definition) is 3. The van der Waals surface area contributed by atoms with Crippen LogP contribution in [-0.2, 0) is 17.6 Å². The van der Waals surface area contributed by atoms with Gasteiger partial charge in [0.15, 0.2) is 0 Å². The average molecular weight is 302 g/mol. The zero-order chi connectivity index (χ0) is 15.5. The smallest absolute Gasteiger partial charge is 0.227 e. The van der Waals surface area contributed by atoms with Gasteiger partial charge in [0.25, 0.3) is 0 Å². The van der Waals surface area contributed by atoms with Crippen LogP contribution in [-0.4, -0.2) is 55.0 Å². The summed E-state index contributed by atoms with van der Waals surface area (Å²) >= 11 is 0. The van der Waals surface area contributed by atoms with Crippen molar-refractivity contribution in [2.24, 2.45) is 5.92 Å². The third-order valence-corrected chi connectivity index (χ3v) is 4.46. The average Bonchev–Trinajstić information content (AvgIpc) is 2.95. The van der Waals surface area contributed by atoms with E-state index in [1.165, 1.54) is 5.56 Å². The van der Waals surface area contributed by atoms with Gasteiger partial charge >= 0.3 is 0 Å². The largest absolute Gasteiger partial charge is 0.493 e. The topological polar surface area (TPSA) is 32.8 Å². The number of nitrogens with zero attached hydrogens (tertiary/aromatic N) is 2. The molecule has 4 nitrogen and oxygen atoms in total. The van der Waals surface area contributed by atoms with Crippen LogP contribution < -0.4 is 4.74 Å². The summed E-state index contributed by atoms with van der Waals surface area (Å²) in [5.74, 6) is 1.93. The molecule has 0 bridgehead atoms. The number of ether oxygens (including phenoxy) is 1. The van der Waals surface area contributed by atoms with E-state index in [1.807, 2.05) is 17.0 Å². The second kappa shape index (κ2) is 6.69. The molecule has 0 unspecified atom stereocenters. The Bertz CT molecular complexity index is 534. The molecule has 3 rings (SSSR count). The van der Waals surface area contributed by atoms with Crippen LogP contribution in [0.5, 0.6) is 5.75 Å². The van der Waals surface area contributed by atoms with Crippen molar-refractivity contribution >= 4 is 5.91 Å². The molecule has 0 N–H and O–H groups in total. The van der Waals surface area contributed by atoms with Crippen molar-refractivity contribution in [2.75, 3.05) is 39.3 Å². The lowest BCUT2D eigenvalue weighted by molar-refractivity contribution is -0.132. The quantitative estimate of drug-likeness (QED) is 0.852. The third kappa shape index (κ3) is 3.61. The maximum absolute atomic E-state index is 12.5. The van der Waals surface area contributed by atoms with Crippen molar-refractivity contribution < 1.29 is 9.53 Å². The van der Waals surface area contributed by atoms with Gasteiger partial charge in [-0.2, -0.15) is 0 Å². The highest BCUT2D eigenvalue weighted by Gasteiger charge is 2.22. The first-order chi connectivity index (χ1) is 10.6. The minimum absolute atomic E-state index is 0.253. The molecule has 0 saturated carbocycles. The molecule has 2 aliphatic rings. The molecule has 1 saturated heterocycles. The molecule has 0 radical (unpaired) electrons. The van der Waals surface area contributed by atoms with Crippen LogP contribution in [0.1, 0.15) is 25.0 Å². The predicted molar refractivity (Wildman–Crippen MR) is 87.2 cm³/mol. The van der Waals surface area contributed by atoms with Crippen molar-refractivity contribution in [1.82, 2.24) is 9.80 Å². The number of rotatable bonds is 4. The predicted octanol–water partition coefficient (Wildman–Crippen LogP) is 1.96. The summed E-state index contributed by atoms with van der Waals surface area (Å²) in [4.78, 5) is 16.9. The number of hydrogen-bond donors (Lipinski definition) is 0. The number of carbonyl (C=O) groups excluding carboxylic acids is 1. The van der Waals surface area contributed by atoms with Gasteiger partial charge in [-0.25, -0.2) is 0 Å². The molecule has 2 heterocycles. The number of benzene rings is 1. The fourth-order valence-corrected chi connectivity index (χ4v) is 3.33. The first kappa shape index (κ1) is 15.3. The fourth-order valence-electron chi connectivity index (χ4n) is 3.33. The van der Waals surface area contributed by atoms with Crippen molar-refractivity contribution in [3.63, 3.8) is 0 Å². The summed E-state index contributed by atoms with van der Waals surface area (Å²) in [6, 6.07) is 6.16. The second-order valence-corrected chi connectivity index (χ2v) is 6.79. The molecule has 4 heteroatoms. The molecular weight excluding hydrogens is 276 g/mol. The molecule has 120 valence electrons. The molecular formula is C18H26N2O2.